The van der Waals surface area contributed by atoms with E-state index in [1.807, 2.05) is 6.92 Å². The van der Waals surface area contributed by atoms with Gasteiger partial charge in [-0.05, 0) is 26.2 Å². The first kappa shape index (κ1) is 13.3. The molecule has 5 nitrogen and oxygen atoms in total. The summed E-state index contributed by atoms with van der Waals surface area (Å²) in [4.78, 5) is 25.2. The maximum atomic E-state index is 12.4. The monoisotopic (exact) mass is 255 g/mol. The van der Waals surface area contributed by atoms with Gasteiger partial charge < -0.3 is 14.7 Å². The Kier molecular flexibility index (Phi) is 4.22. The fraction of sp³-hybridized carbons (Fsp3) is 0.846. The van der Waals surface area contributed by atoms with Crippen LogP contribution in [0.3, 0.4) is 0 Å². The van der Waals surface area contributed by atoms with Crippen molar-refractivity contribution >= 4 is 11.9 Å². The van der Waals surface area contributed by atoms with E-state index in [9.17, 15) is 14.7 Å². The first-order valence-corrected chi connectivity index (χ1v) is 6.74. The molecule has 18 heavy (non-hydrogen) atoms. The highest BCUT2D eigenvalue weighted by molar-refractivity contribution is 5.85. The van der Waals surface area contributed by atoms with E-state index < -0.39 is 12.0 Å². The number of hydrogen-bond acceptors (Lipinski definition) is 3. The predicted octanol–water partition coefficient (Wildman–Crippen LogP) is 1.27. The van der Waals surface area contributed by atoms with Crippen LogP contribution in [0.4, 0.5) is 0 Å². The molecule has 2 aliphatic heterocycles. The first-order valence-electron chi connectivity index (χ1n) is 6.74. The molecule has 1 amide bonds. The lowest BCUT2D eigenvalue weighted by atomic mass is 10.0. The zero-order valence-electron chi connectivity index (χ0n) is 10.8. The van der Waals surface area contributed by atoms with Gasteiger partial charge in [0.05, 0.1) is 18.6 Å². The van der Waals surface area contributed by atoms with Crippen molar-refractivity contribution in [2.45, 2.75) is 51.2 Å². The highest BCUT2D eigenvalue weighted by atomic mass is 16.5. The molecule has 3 atom stereocenters. The van der Waals surface area contributed by atoms with Gasteiger partial charge in [-0.25, -0.2) is 4.79 Å². The van der Waals surface area contributed by atoms with Crippen LogP contribution in [0, 0.1) is 5.92 Å². The molecular formula is C13H21NO4. The van der Waals surface area contributed by atoms with Gasteiger partial charge in [0.2, 0.25) is 5.91 Å². The van der Waals surface area contributed by atoms with Crippen LogP contribution < -0.4 is 0 Å². The second kappa shape index (κ2) is 5.69. The third-order valence-corrected chi connectivity index (χ3v) is 3.87. The van der Waals surface area contributed by atoms with Gasteiger partial charge in [0.25, 0.3) is 0 Å². The molecule has 0 radical (unpaired) electrons. The minimum absolute atomic E-state index is 0.0337. The van der Waals surface area contributed by atoms with Gasteiger partial charge in [0, 0.05) is 6.54 Å². The largest absolute Gasteiger partial charge is 0.480 e. The number of carboxylic acid groups (broad SMARTS) is 1. The standard InChI is InChI=1S/C13H21NO4/c1-9-7-10(8-18-9)12(15)14-6-4-2-3-5-11(14)13(16)17/h9-11H,2-8H2,1H3,(H,16,17). The van der Waals surface area contributed by atoms with Gasteiger partial charge in [-0.15, -0.1) is 0 Å². The van der Waals surface area contributed by atoms with Crippen molar-refractivity contribution in [3.05, 3.63) is 0 Å². The lowest BCUT2D eigenvalue weighted by molar-refractivity contribution is -0.152. The number of ether oxygens (including phenoxy) is 1. The van der Waals surface area contributed by atoms with E-state index in [4.69, 9.17) is 4.74 Å². The number of rotatable bonds is 2. The van der Waals surface area contributed by atoms with Crippen molar-refractivity contribution in [1.29, 1.82) is 0 Å². The number of amides is 1. The Labute approximate surface area is 107 Å². The van der Waals surface area contributed by atoms with E-state index in [1.54, 1.807) is 4.90 Å². The first-order chi connectivity index (χ1) is 8.59. The molecule has 1 N–H and O–H groups in total. The normalized spacial score (nSPS) is 33.2. The van der Waals surface area contributed by atoms with E-state index in [1.165, 1.54) is 0 Å². The van der Waals surface area contributed by atoms with Crippen LogP contribution in [0.15, 0.2) is 0 Å². The second-order valence-electron chi connectivity index (χ2n) is 5.31. The molecule has 2 aliphatic rings. The second-order valence-corrected chi connectivity index (χ2v) is 5.31. The number of carbonyl (C=O) groups excluding carboxylic acids is 1. The van der Waals surface area contributed by atoms with Crippen LogP contribution in [0.25, 0.3) is 0 Å². The maximum Gasteiger partial charge on any atom is 0.326 e. The number of carboxylic acids is 1. The van der Waals surface area contributed by atoms with Crippen molar-refractivity contribution in [1.82, 2.24) is 4.90 Å². The number of hydrogen-bond donors (Lipinski definition) is 1. The molecule has 102 valence electrons. The molecule has 2 heterocycles. The molecule has 2 saturated heterocycles. The van der Waals surface area contributed by atoms with Crippen LogP contribution in [-0.4, -0.2) is 47.2 Å². The highest BCUT2D eigenvalue weighted by Crippen LogP contribution is 2.25. The quantitative estimate of drug-likeness (QED) is 0.807. The fourth-order valence-corrected chi connectivity index (χ4v) is 2.85. The smallest absolute Gasteiger partial charge is 0.326 e. The van der Waals surface area contributed by atoms with E-state index in [0.29, 0.717) is 26.0 Å². The van der Waals surface area contributed by atoms with Crippen molar-refractivity contribution in [3.63, 3.8) is 0 Å². The molecule has 2 fully saturated rings. The van der Waals surface area contributed by atoms with Crippen molar-refractivity contribution in [2.24, 2.45) is 5.92 Å². The van der Waals surface area contributed by atoms with Gasteiger partial charge in [0.15, 0.2) is 0 Å². The van der Waals surface area contributed by atoms with Crippen molar-refractivity contribution < 1.29 is 19.4 Å². The fourth-order valence-electron chi connectivity index (χ4n) is 2.85. The summed E-state index contributed by atoms with van der Waals surface area (Å²) in [6.07, 6.45) is 4.18. The third-order valence-electron chi connectivity index (χ3n) is 3.87. The van der Waals surface area contributed by atoms with Crippen LogP contribution in [0.5, 0.6) is 0 Å². The average molecular weight is 255 g/mol. The molecule has 2 rings (SSSR count). The SMILES string of the molecule is CC1CC(C(=O)N2CCCCCC2C(=O)O)CO1. The van der Waals surface area contributed by atoms with Crippen LogP contribution >= 0.6 is 0 Å². The highest BCUT2D eigenvalue weighted by Gasteiger charge is 2.37. The van der Waals surface area contributed by atoms with Gasteiger partial charge >= 0.3 is 5.97 Å². The van der Waals surface area contributed by atoms with Crippen LogP contribution in [0.2, 0.25) is 0 Å². The Morgan fingerprint density at radius 1 is 1.28 bits per heavy atom. The zero-order valence-corrected chi connectivity index (χ0v) is 10.8. The number of likely N-dealkylation sites (tertiary alicyclic amines) is 1. The Morgan fingerprint density at radius 2 is 2.06 bits per heavy atom. The maximum absolute atomic E-state index is 12.4. The molecule has 3 unspecified atom stereocenters. The van der Waals surface area contributed by atoms with Gasteiger partial charge in [-0.2, -0.15) is 0 Å². The van der Waals surface area contributed by atoms with Crippen molar-refractivity contribution in [3.8, 4) is 0 Å². The van der Waals surface area contributed by atoms with Crippen LogP contribution in [-0.2, 0) is 14.3 Å². The molecule has 0 aromatic heterocycles. The van der Waals surface area contributed by atoms with Gasteiger partial charge in [-0.1, -0.05) is 12.8 Å². The molecule has 0 spiro atoms. The molecule has 0 saturated carbocycles. The summed E-state index contributed by atoms with van der Waals surface area (Å²) < 4.78 is 5.41. The summed E-state index contributed by atoms with van der Waals surface area (Å²) in [6, 6.07) is -0.643. The Bertz CT molecular complexity index is 331. The third kappa shape index (κ3) is 2.83. The summed E-state index contributed by atoms with van der Waals surface area (Å²) >= 11 is 0. The lowest BCUT2D eigenvalue weighted by Gasteiger charge is -2.29. The Balaban J connectivity index is 2.07. The van der Waals surface area contributed by atoms with E-state index >= 15 is 0 Å². The summed E-state index contributed by atoms with van der Waals surface area (Å²) in [5.41, 5.74) is 0. The van der Waals surface area contributed by atoms with E-state index in [-0.39, 0.29) is 17.9 Å². The van der Waals surface area contributed by atoms with E-state index in [2.05, 4.69) is 0 Å². The van der Waals surface area contributed by atoms with Gasteiger partial charge in [-0.3, -0.25) is 4.79 Å². The number of carbonyl (C=O) groups is 2. The van der Waals surface area contributed by atoms with E-state index in [0.717, 1.165) is 19.3 Å². The Hall–Kier alpha value is -1.10. The molecular weight excluding hydrogens is 234 g/mol. The molecule has 0 bridgehead atoms. The topological polar surface area (TPSA) is 66.8 Å². The summed E-state index contributed by atoms with van der Waals surface area (Å²) in [5, 5.41) is 9.25. The summed E-state index contributed by atoms with van der Waals surface area (Å²) in [5.74, 6) is -1.06. The lowest BCUT2D eigenvalue weighted by Crippen LogP contribution is -2.47. The molecule has 0 aliphatic carbocycles. The Morgan fingerprint density at radius 3 is 2.67 bits per heavy atom. The summed E-state index contributed by atoms with van der Waals surface area (Å²) in [7, 11) is 0. The predicted molar refractivity (Wildman–Crippen MR) is 65.1 cm³/mol. The zero-order chi connectivity index (χ0) is 13.1. The average Bonchev–Trinajstić information content (AvgIpc) is 2.63. The number of nitrogens with zero attached hydrogens (tertiary/aromatic N) is 1. The minimum atomic E-state index is -0.878. The van der Waals surface area contributed by atoms with Crippen molar-refractivity contribution in [2.75, 3.05) is 13.2 Å². The molecule has 0 aromatic rings. The van der Waals surface area contributed by atoms with Crippen LogP contribution in [0.1, 0.15) is 39.0 Å². The molecule has 5 heteroatoms. The summed E-state index contributed by atoms with van der Waals surface area (Å²) in [6.45, 7) is 2.95. The number of aliphatic carboxylic acids is 1. The minimum Gasteiger partial charge on any atom is -0.480 e. The van der Waals surface area contributed by atoms with Gasteiger partial charge in [0.1, 0.15) is 6.04 Å². The molecule has 0 aromatic carbocycles.